The largest absolute Gasteiger partial charge is 0.473 e. The molecule has 0 spiro atoms. The first-order valence-corrected chi connectivity index (χ1v) is 6.91. The number of anilines is 1. The number of rotatable bonds is 4. The molecule has 0 saturated heterocycles. The van der Waals surface area contributed by atoms with Crippen molar-refractivity contribution < 1.29 is 29.1 Å². The fourth-order valence-corrected chi connectivity index (χ4v) is 1.79. The minimum Gasteiger partial charge on any atom is -0.473 e. The molecule has 0 bridgehead atoms. The number of nitrogens with one attached hydrogen (secondary N) is 1. The Labute approximate surface area is 141 Å². The van der Waals surface area contributed by atoms with Gasteiger partial charge >= 0.3 is 11.9 Å². The summed E-state index contributed by atoms with van der Waals surface area (Å²) in [7, 11) is 0. The van der Waals surface area contributed by atoms with Crippen LogP contribution in [0.5, 0.6) is 0 Å². The molecule has 3 N–H and O–H groups in total. The molecule has 132 valence electrons. The maximum absolute atomic E-state index is 13.4. The minimum absolute atomic E-state index is 0.0499. The third kappa shape index (κ3) is 6.26. The van der Waals surface area contributed by atoms with Crippen LogP contribution in [0.2, 0.25) is 0 Å². The Hall–Kier alpha value is -3.49. The number of non-ortho nitro benzene ring substituents is 1. The van der Waals surface area contributed by atoms with E-state index >= 15 is 0 Å². The van der Waals surface area contributed by atoms with Gasteiger partial charge in [0.2, 0.25) is 0 Å². The van der Waals surface area contributed by atoms with Crippen LogP contribution in [0.4, 0.5) is 15.8 Å². The van der Waals surface area contributed by atoms with Crippen LogP contribution >= 0.6 is 0 Å². The number of carbonyl (C=O) groups is 2. The number of nitro groups is 1. The molecule has 0 aliphatic rings. The van der Waals surface area contributed by atoms with Crippen molar-refractivity contribution in [2.24, 2.45) is 0 Å². The van der Waals surface area contributed by atoms with Crippen molar-refractivity contribution in [2.45, 2.75) is 13.5 Å². The Kier molecular flexibility index (Phi) is 7.01. The van der Waals surface area contributed by atoms with Gasteiger partial charge in [0.05, 0.1) is 4.92 Å². The smallest absolute Gasteiger partial charge is 0.414 e. The second-order valence-electron chi connectivity index (χ2n) is 4.81. The average Bonchev–Trinajstić information content (AvgIpc) is 2.55. The molecule has 0 heterocycles. The predicted molar refractivity (Wildman–Crippen MR) is 86.8 cm³/mol. The Bertz CT molecular complexity index is 782. The fraction of sp³-hybridized carbons (Fsp3) is 0.125. The van der Waals surface area contributed by atoms with Crippen molar-refractivity contribution in [3.63, 3.8) is 0 Å². The maximum Gasteiger partial charge on any atom is 0.414 e. The molecule has 0 atom stereocenters. The molecule has 0 fully saturated rings. The van der Waals surface area contributed by atoms with E-state index in [1.165, 1.54) is 18.2 Å². The van der Waals surface area contributed by atoms with Gasteiger partial charge in [-0.05, 0) is 24.6 Å². The molecule has 0 amide bonds. The molecule has 8 nitrogen and oxygen atoms in total. The second kappa shape index (κ2) is 8.96. The van der Waals surface area contributed by atoms with E-state index in [9.17, 15) is 14.5 Å². The highest BCUT2D eigenvalue weighted by Crippen LogP contribution is 2.22. The number of nitro benzene ring substituents is 1. The van der Waals surface area contributed by atoms with E-state index < -0.39 is 16.9 Å². The third-order valence-electron chi connectivity index (χ3n) is 3.03. The Morgan fingerprint density at radius 3 is 2.24 bits per heavy atom. The highest BCUT2D eigenvalue weighted by Gasteiger charge is 2.08. The molecule has 0 saturated carbocycles. The second-order valence-corrected chi connectivity index (χ2v) is 4.81. The van der Waals surface area contributed by atoms with Crippen LogP contribution < -0.4 is 5.32 Å². The van der Waals surface area contributed by atoms with Gasteiger partial charge in [0.25, 0.3) is 5.69 Å². The topological polar surface area (TPSA) is 130 Å². The maximum atomic E-state index is 13.4. The standard InChI is InChI=1S/C14H13FN2O2.C2H2O4/c1-10-8-12(17(18)19)6-7-14(10)16-9-11-4-2-3-5-13(11)15;3-1(4)2(5)6/h2-8,16H,9H2,1H3;(H,3,4)(H,5,6). The number of aliphatic carboxylic acids is 2. The van der Waals surface area contributed by atoms with Gasteiger partial charge in [-0.15, -0.1) is 0 Å². The van der Waals surface area contributed by atoms with Gasteiger partial charge < -0.3 is 15.5 Å². The van der Waals surface area contributed by atoms with E-state index in [1.54, 1.807) is 31.2 Å². The summed E-state index contributed by atoms with van der Waals surface area (Å²) in [5.41, 5.74) is 2.12. The highest BCUT2D eigenvalue weighted by atomic mass is 19.1. The number of hydrogen-bond donors (Lipinski definition) is 3. The van der Waals surface area contributed by atoms with Crippen LogP contribution in [0, 0.1) is 22.9 Å². The zero-order chi connectivity index (χ0) is 19.0. The lowest BCUT2D eigenvalue weighted by molar-refractivity contribution is -0.384. The van der Waals surface area contributed by atoms with Gasteiger partial charge in [0.15, 0.2) is 0 Å². The zero-order valence-corrected chi connectivity index (χ0v) is 13.1. The summed E-state index contributed by atoms with van der Waals surface area (Å²) in [5, 5.41) is 28.5. The summed E-state index contributed by atoms with van der Waals surface area (Å²) in [5.74, 6) is -3.92. The van der Waals surface area contributed by atoms with Crippen molar-refractivity contribution in [3.8, 4) is 0 Å². The van der Waals surface area contributed by atoms with E-state index in [0.29, 0.717) is 12.1 Å². The monoisotopic (exact) mass is 350 g/mol. The minimum atomic E-state index is -1.82. The van der Waals surface area contributed by atoms with Crippen LogP contribution in [-0.4, -0.2) is 27.1 Å². The van der Waals surface area contributed by atoms with Crippen LogP contribution in [0.1, 0.15) is 11.1 Å². The SMILES string of the molecule is Cc1cc([N+](=O)[O-])ccc1NCc1ccccc1F.O=C(O)C(=O)O. The van der Waals surface area contributed by atoms with Crippen molar-refractivity contribution in [1.29, 1.82) is 0 Å². The normalized spacial score (nSPS) is 9.52. The summed E-state index contributed by atoms with van der Waals surface area (Å²) in [6.45, 7) is 2.11. The summed E-state index contributed by atoms with van der Waals surface area (Å²) < 4.78 is 13.4. The number of carboxylic acid groups (broad SMARTS) is 2. The number of carboxylic acids is 2. The summed E-state index contributed by atoms with van der Waals surface area (Å²) in [4.78, 5) is 28.4. The molecular weight excluding hydrogens is 335 g/mol. The molecule has 0 aliphatic heterocycles. The molecular formula is C16H15FN2O6. The van der Waals surface area contributed by atoms with Crippen molar-refractivity contribution >= 4 is 23.3 Å². The summed E-state index contributed by atoms with van der Waals surface area (Å²) >= 11 is 0. The lowest BCUT2D eigenvalue weighted by atomic mass is 10.1. The molecule has 2 aromatic rings. The van der Waals surface area contributed by atoms with Gasteiger partial charge in [-0.3, -0.25) is 10.1 Å². The number of halogens is 1. The molecule has 2 rings (SSSR count). The highest BCUT2D eigenvalue weighted by molar-refractivity contribution is 6.27. The van der Waals surface area contributed by atoms with E-state index in [4.69, 9.17) is 19.8 Å². The van der Waals surface area contributed by atoms with Gasteiger partial charge in [-0.2, -0.15) is 0 Å². The molecule has 0 aromatic heterocycles. The lowest BCUT2D eigenvalue weighted by Gasteiger charge is -2.10. The molecule has 9 heteroatoms. The van der Waals surface area contributed by atoms with Gasteiger partial charge in [-0.1, -0.05) is 18.2 Å². The van der Waals surface area contributed by atoms with E-state index in [1.807, 2.05) is 0 Å². The van der Waals surface area contributed by atoms with Gasteiger partial charge in [0.1, 0.15) is 5.82 Å². The van der Waals surface area contributed by atoms with Crippen LogP contribution in [0.25, 0.3) is 0 Å². The molecule has 0 aliphatic carbocycles. The Morgan fingerprint density at radius 1 is 1.16 bits per heavy atom. The number of aryl methyl sites for hydroxylation is 1. The fourth-order valence-electron chi connectivity index (χ4n) is 1.79. The Morgan fingerprint density at radius 2 is 1.76 bits per heavy atom. The average molecular weight is 350 g/mol. The van der Waals surface area contributed by atoms with E-state index in [0.717, 1.165) is 11.3 Å². The summed E-state index contributed by atoms with van der Waals surface area (Å²) in [6, 6.07) is 11.1. The van der Waals surface area contributed by atoms with Crippen molar-refractivity contribution in [2.75, 3.05) is 5.32 Å². The van der Waals surface area contributed by atoms with Crippen molar-refractivity contribution in [1.82, 2.24) is 0 Å². The first-order valence-electron chi connectivity index (χ1n) is 6.91. The molecule has 25 heavy (non-hydrogen) atoms. The van der Waals surface area contributed by atoms with Crippen LogP contribution in [0.3, 0.4) is 0 Å². The van der Waals surface area contributed by atoms with Crippen molar-refractivity contribution in [3.05, 3.63) is 69.5 Å². The van der Waals surface area contributed by atoms with Gasteiger partial charge in [-0.25, -0.2) is 14.0 Å². The lowest BCUT2D eigenvalue weighted by Crippen LogP contribution is -2.09. The predicted octanol–water partition coefficient (Wildman–Crippen LogP) is 2.81. The summed E-state index contributed by atoms with van der Waals surface area (Å²) in [6.07, 6.45) is 0. The zero-order valence-electron chi connectivity index (χ0n) is 13.1. The first-order chi connectivity index (χ1) is 11.7. The quantitative estimate of drug-likeness (QED) is 0.439. The van der Waals surface area contributed by atoms with E-state index in [2.05, 4.69) is 5.32 Å². The molecule has 2 aromatic carbocycles. The van der Waals surface area contributed by atoms with Gasteiger partial charge in [0, 0.05) is 29.9 Å². The molecule has 0 unspecified atom stereocenters. The molecule has 0 radical (unpaired) electrons. The third-order valence-corrected chi connectivity index (χ3v) is 3.03. The number of nitrogens with zero attached hydrogens (tertiary/aromatic N) is 1. The van der Waals surface area contributed by atoms with Crippen LogP contribution in [0.15, 0.2) is 42.5 Å². The Balaban J connectivity index is 0.000000450. The van der Waals surface area contributed by atoms with E-state index in [-0.39, 0.29) is 11.5 Å². The number of hydrogen-bond acceptors (Lipinski definition) is 5. The number of benzene rings is 2. The first kappa shape index (κ1) is 19.6. The van der Waals surface area contributed by atoms with Crippen LogP contribution in [-0.2, 0) is 16.1 Å².